The Morgan fingerprint density at radius 1 is 1.11 bits per heavy atom. The first-order valence-electron chi connectivity index (χ1n) is 7.28. The first-order chi connectivity index (χ1) is 8.61. The van der Waals surface area contributed by atoms with Gasteiger partial charge in [-0.1, -0.05) is 12.8 Å². The topological polar surface area (TPSA) is 3.24 Å². The zero-order chi connectivity index (χ0) is 13.0. The molecule has 4 heteroatoms. The van der Waals surface area contributed by atoms with Crippen LogP contribution < -0.4 is 0 Å². The standard InChI is InChI=1S/C14H24ClF2N/c15-8-9-18(13-5-1-2-6-13)11-12-4-3-7-14(16,17)10-12/h12-13H,1-11H2. The third-order valence-electron chi connectivity index (χ3n) is 4.45. The van der Waals surface area contributed by atoms with Crippen molar-refractivity contribution in [3.8, 4) is 0 Å². The Hall–Kier alpha value is 0.110. The maximum absolute atomic E-state index is 13.4. The van der Waals surface area contributed by atoms with Crippen LogP contribution >= 0.6 is 11.6 Å². The first kappa shape index (κ1) is 14.5. The number of hydrogen-bond donors (Lipinski definition) is 0. The van der Waals surface area contributed by atoms with Gasteiger partial charge in [0.25, 0.3) is 0 Å². The van der Waals surface area contributed by atoms with E-state index in [1.807, 2.05) is 0 Å². The molecular formula is C14H24ClF2N. The Labute approximate surface area is 114 Å². The average Bonchev–Trinajstić information content (AvgIpc) is 2.80. The lowest BCUT2D eigenvalue weighted by Crippen LogP contribution is -2.41. The smallest absolute Gasteiger partial charge is 0.248 e. The zero-order valence-electron chi connectivity index (χ0n) is 11.0. The predicted molar refractivity (Wildman–Crippen MR) is 71.5 cm³/mol. The highest BCUT2D eigenvalue weighted by molar-refractivity contribution is 6.18. The van der Waals surface area contributed by atoms with E-state index in [-0.39, 0.29) is 18.8 Å². The van der Waals surface area contributed by atoms with Crippen molar-refractivity contribution in [2.75, 3.05) is 19.0 Å². The van der Waals surface area contributed by atoms with E-state index in [1.165, 1.54) is 25.7 Å². The van der Waals surface area contributed by atoms with E-state index in [4.69, 9.17) is 11.6 Å². The lowest BCUT2D eigenvalue weighted by atomic mass is 9.86. The molecule has 2 saturated carbocycles. The fourth-order valence-corrected chi connectivity index (χ4v) is 3.78. The van der Waals surface area contributed by atoms with E-state index in [0.717, 1.165) is 19.5 Å². The largest absolute Gasteiger partial charge is 0.299 e. The van der Waals surface area contributed by atoms with E-state index in [1.54, 1.807) is 0 Å². The van der Waals surface area contributed by atoms with E-state index >= 15 is 0 Å². The maximum atomic E-state index is 13.4. The molecule has 0 aromatic carbocycles. The van der Waals surface area contributed by atoms with Crippen molar-refractivity contribution in [2.45, 2.75) is 63.3 Å². The highest BCUT2D eigenvalue weighted by atomic mass is 35.5. The van der Waals surface area contributed by atoms with Crippen LogP contribution in [0.15, 0.2) is 0 Å². The van der Waals surface area contributed by atoms with Crippen molar-refractivity contribution in [3.05, 3.63) is 0 Å². The maximum Gasteiger partial charge on any atom is 0.248 e. The van der Waals surface area contributed by atoms with Gasteiger partial charge >= 0.3 is 0 Å². The van der Waals surface area contributed by atoms with Crippen molar-refractivity contribution in [1.82, 2.24) is 4.90 Å². The molecular weight excluding hydrogens is 256 g/mol. The molecule has 106 valence electrons. The Kier molecular flexibility index (Phi) is 5.25. The highest BCUT2D eigenvalue weighted by Gasteiger charge is 2.37. The van der Waals surface area contributed by atoms with Crippen LogP contribution in [0.4, 0.5) is 8.78 Å². The summed E-state index contributed by atoms with van der Waals surface area (Å²) in [6, 6.07) is 0.597. The van der Waals surface area contributed by atoms with Gasteiger partial charge in [-0.3, -0.25) is 4.90 Å². The second-order valence-corrected chi connectivity index (χ2v) is 6.32. The third kappa shape index (κ3) is 4.06. The molecule has 2 aliphatic rings. The molecule has 2 rings (SSSR count). The molecule has 0 aromatic rings. The van der Waals surface area contributed by atoms with E-state index in [2.05, 4.69) is 4.90 Å². The lowest BCUT2D eigenvalue weighted by Gasteiger charge is -2.35. The van der Waals surface area contributed by atoms with Gasteiger partial charge in [-0.2, -0.15) is 0 Å². The van der Waals surface area contributed by atoms with Gasteiger partial charge in [0.2, 0.25) is 5.92 Å². The van der Waals surface area contributed by atoms with Gasteiger partial charge in [0.05, 0.1) is 0 Å². The molecule has 0 bridgehead atoms. The second-order valence-electron chi connectivity index (χ2n) is 5.94. The summed E-state index contributed by atoms with van der Waals surface area (Å²) in [5, 5.41) is 0. The fourth-order valence-electron chi connectivity index (χ4n) is 3.56. The van der Waals surface area contributed by atoms with Gasteiger partial charge in [-0.25, -0.2) is 8.78 Å². The fraction of sp³-hybridized carbons (Fsp3) is 1.00. The molecule has 2 fully saturated rings. The second kappa shape index (κ2) is 6.51. The van der Waals surface area contributed by atoms with Crippen LogP contribution in [0.1, 0.15) is 51.4 Å². The Balaban J connectivity index is 1.87. The first-order valence-corrected chi connectivity index (χ1v) is 7.82. The van der Waals surface area contributed by atoms with E-state index in [9.17, 15) is 8.78 Å². The summed E-state index contributed by atoms with van der Waals surface area (Å²) in [6.07, 6.45) is 6.81. The number of rotatable bonds is 5. The van der Waals surface area contributed by atoms with Crippen LogP contribution in [0, 0.1) is 5.92 Å². The van der Waals surface area contributed by atoms with E-state index < -0.39 is 5.92 Å². The molecule has 0 heterocycles. The Bertz CT molecular complexity index is 254. The van der Waals surface area contributed by atoms with Crippen LogP contribution in [0.5, 0.6) is 0 Å². The minimum Gasteiger partial charge on any atom is -0.299 e. The number of hydrogen-bond acceptors (Lipinski definition) is 1. The van der Waals surface area contributed by atoms with Crippen molar-refractivity contribution in [1.29, 1.82) is 0 Å². The quantitative estimate of drug-likeness (QED) is 0.679. The molecule has 0 radical (unpaired) electrons. The monoisotopic (exact) mass is 279 g/mol. The summed E-state index contributed by atoms with van der Waals surface area (Å²) < 4.78 is 26.8. The molecule has 0 amide bonds. The number of halogens is 3. The van der Waals surface area contributed by atoms with Crippen molar-refractivity contribution >= 4 is 11.6 Å². The molecule has 18 heavy (non-hydrogen) atoms. The van der Waals surface area contributed by atoms with Crippen LogP contribution in [0.2, 0.25) is 0 Å². The molecule has 2 aliphatic carbocycles. The molecule has 0 aliphatic heterocycles. The highest BCUT2D eigenvalue weighted by Crippen LogP contribution is 2.37. The minimum absolute atomic E-state index is 0.0819. The average molecular weight is 280 g/mol. The van der Waals surface area contributed by atoms with Crippen LogP contribution in [0.3, 0.4) is 0 Å². The summed E-state index contributed by atoms with van der Waals surface area (Å²) in [7, 11) is 0. The van der Waals surface area contributed by atoms with Gasteiger partial charge in [0, 0.05) is 37.9 Å². The van der Waals surface area contributed by atoms with E-state index in [0.29, 0.717) is 18.3 Å². The number of alkyl halides is 3. The zero-order valence-corrected chi connectivity index (χ0v) is 11.8. The summed E-state index contributed by atoms with van der Waals surface area (Å²) in [5.41, 5.74) is 0. The third-order valence-corrected chi connectivity index (χ3v) is 4.62. The normalized spacial score (nSPS) is 29.0. The lowest BCUT2D eigenvalue weighted by molar-refractivity contribution is -0.0582. The van der Waals surface area contributed by atoms with Crippen molar-refractivity contribution in [3.63, 3.8) is 0 Å². The molecule has 0 saturated heterocycles. The molecule has 1 atom stereocenters. The summed E-state index contributed by atoms with van der Waals surface area (Å²) in [6.45, 7) is 1.68. The Morgan fingerprint density at radius 3 is 2.44 bits per heavy atom. The Morgan fingerprint density at radius 2 is 1.83 bits per heavy atom. The van der Waals surface area contributed by atoms with Gasteiger partial charge in [-0.05, 0) is 31.6 Å². The molecule has 0 N–H and O–H groups in total. The van der Waals surface area contributed by atoms with Gasteiger partial charge in [-0.15, -0.1) is 11.6 Å². The molecule has 1 unspecified atom stereocenters. The summed E-state index contributed by atoms with van der Waals surface area (Å²) in [4.78, 5) is 2.38. The summed E-state index contributed by atoms with van der Waals surface area (Å²) >= 11 is 5.86. The van der Waals surface area contributed by atoms with Gasteiger partial charge < -0.3 is 0 Å². The van der Waals surface area contributed by atoms with Crippen LogP contribution in [-0.4, -0.2) is 35.8 Å². The number of nitrogens with zero attached hydrogens (tertiary/aromatic N) is 1. The van der Waals surface area contributed by atoms with Gasteiger partial charge in [0.15, 0.2) is 0 Å². The minimum atomic E-state index is -2.43. The molecule has 0 spiro atoms. The van der Waals surface area contributed by atoms with Crippen LogP contribution in [-0.2, 0) is 0 Å². The van der Waals surface area contributed by atoms with Crippen molar-refractivity contribution < 1.29 is 8.78 Å². The molecule has 0 aromatic heterocycles. The SMILES string of the molecule is FC1(F)CCCC(CN(CCCl)C2CCCC2)C1. The summed E-state index contributed by atoms with van der Waals surface area (Å²) in [5.74, 6) is -1.65. The van der Waals surface area contributed by atoms with Crippen LogP contribution in [0.25, 0.3) is 0 Å². The predicted octanol–water partition coefficient (Wildman–Crippen LogP) is 4.30. The van der Waals surface area contributed by atoms with Crippen molar-refractivity contribution in [2.24, 2.45) is 5.92 Å². The van der Waals surface area contributed by atoms with Gasteiger partial charge in [0.1, 0.15) is 0 Å². The molecule has 1 nitrogen and oxygen atoms in total.